The van der Waals surface area contributed by atoms with Gasteiger partial charge in [-0.3, -0.25) is 14.7 Å². The molecule has 5 rings (SSSR count). The molecule has 0 bridgehead atoms. The molecule has 1 saturated heterocycles. The number of phenols is 1. The normalized spacial score (nSPS) is 18.7. The van der Waals surface area contributed by atoms with Gasteiger partial charge in [0.05, 0.1) is 19.8 Å². The molecular formula is C29H30N2O5. The lowest BCUT2D eigenvalue weighted by molar-refractivity contribution is 0.101. The Morgan fingerprint density at radius 2 is 2.06 bits per heavy atom. The van der Waals surface area contributed by atoms with Gasteiger partial charge in [0.25, 0.3) is 0 Å². The van der Waals surface area contributed by atoms with Gasteiger partial charge in [0.2, 0.25) is 5.78 Å². The molecule has 7 heteroatoms. The summed E-state index contributed by atoms with van der Waals surface area (Å²) in [5.41, 5.74) is 3.63. The van der Waals surface area contributed by atoms with Crippen LogP contribution in [-0.4, -0.2) is 41.5 Å². The van der Waals surface area contributed by atoms with Crippen LogP contribution in [0.5, 0.6) is 23.0 Å². The average molecular weight is 487 g/mol. The Morgan fingerprint density at radius 1 is 1.19 bits per heavy atom. The maximum Gasteiger partial charge on any atom is 0.231 e. The summed E-state index contributed by atoms with van der Waals surface area (Å²) in [6.45, 7) is 3.25. The van der Waals surface area contributed by atoms with Gasteiger partial charge in [-0.2, -0.15) is 0 Å². The predicted octanol–water partition coefficient (Wildman–Crippen LogP) is 5.46. The van der Waals surface area contributed by atoms with Gasteiger partial charge < -0.3 is 19.3 Å². The number of fused-ring (bicyclic) bond motifs is 1. The number of piperidine rings is 1. The summed E-state index contributed by atoms with van der Waals surface area (Å²) in [4.78, 5) is 20.0. The fourth-order valence-electron chi connectivity index (χ4n) is 5.09. The van der Waals surface area contributed by atoms with E-state index in [4.69, 9.17) is 14.2 Å². The number of ketones is 1. The number of Topliss-reactive ketones (excluding diaryl/α,β-unsaturated/α-hetero) is 1. The van der Waals surface area contributed by atoms with Crippen LogP contribution < -0.4 is 14.2 Å². The lowest BCUT2D eigenvalue weighted by atomic mass is 9.94. The largest absolute Gasteiger partial charge is 0.507 e. The van der Waals surface area contributed by atoms with Gasteiger partial charge >= 0.3 is 0 Å². The molecule has 0 radical (unpaired) electrons. The summed E-state index contributed by atoms with van der Waals surface area (Å²) >= 11 is 0. The number of ether oxygens (including phenoxy) is 3. The molecule has 1 aromatic heterocycles. The molecule has 186 valence electrons. The quantitative estimate of drug-likeness (QED) is 0.464. The van der Waals surface area contributed by atoms with E-state index in [9.17, 15) is 9.90 Å². The van der Waals surface area contributed by atoms with E-state index in [2.05, 4.69) is 16.0 Å². The Morgan fingerprint density at radius 3 is 2.81 bits per heavy atom. The smallest absolute Gasteiger partial charge is 0.231 e. The summed E-state index contributed by atoms with van der Waals surface area (Å²) in [5.74, 6) is 1.78. The Kier molecular flexibility index (Phi) is 6.65. The average Bonchev–Trinajstić information content (AvgIpc) is 3.23. The van der Waals surface area contributed by atoms with Crippen molar-refractivity contribution in [2.24, 2.45) is 0 Å². The lowest BCUT2D eigenvalue weighted by Crippen LogP contribution is -2.33. The number of benzene rings is 2. The number of likely N-dealkylation sites (tertiary alicyclic amines) is 1. The number of carbonyl (C=O) groups is 1. The SMILES string of the molecule is COc1ccc(/C=C2\Oc3c(cc(CN4CCCC[C@H]4c4cccnc4)c(O)c3C)C2=O)c(OC)c1. The van der Waals surface area contributed by atoms with Crippen LogP contribution in [0.3, 0.4) is 0 Å². The minimum atomic E-state index is -0.213. The van der Waals surface area contributed by atoms with Crippen molar-refractivity contribution in [3.05, 3.63) is 82.4 Å². The highest BCUT2D eigenvalue weighted by atomic mass is 16.5. The third kappa shape index (κ3) is 4.42. The zero-order chi connectivity index (χ0) is 25.2. The van der Waals surface area contributed by atoms with Gasteiger partial charge in [-0.25, -0.2) is 0 Å². The van der Waals surface area contributed by atoms with Crippen LogP contribution in [0.25, 0.3) is 6.08 Å². The van der Waals surface area contributed by atoms with Crippen LogP contribution in [0.15, 0.2) is 54.6 Å². The van der Waals surface area contributed by atoms with Gasteiger partial charge in [0, 0.05) is 47.7 Å². The summed E-state index contributed by atoms with van der Waals surface area (Å²) in [7, 11) is 3.15. The van der Waals surface area contributed by atoms with E-state index in [1.807, 2.05) is 18.3 Å². The van der Waals surface area contributed by atoms with Crippen LogP contribution in [0.1, 0.15) is 57.9 Å². The van der Waals surface area contributed by atoms with Crippen molar-refractivity contribution in [3.8, 4) is 23.0 Å². The fourth-order valence-corrected chi connectivity index (χ4v) is 5.09. The van der Waals surface area contributed by atoms with Crippen molar-refractivity contribution in [2.45, 2.75) is 38.8 Å². The monoisotopic (exact) mass is 486 g/mol. The minimum Gasteiger partial charge on any atom is -0.507 e. The zero-order valence-electron chi connectivity index (χ0n) is 20.8. The molecule has 1 fully saturated rings. The van der Waals surface area contributed by atoms with Crippen molar-refractivity contribution in [1.82, 2.24) is 9.88 Å². The number of hydrogen-bond acceptors (Lipinski definition) is 7. The highest BCUT2D eigenvalue weighted by Gasteiger charge is 2.33. The maximum absolute atomic E-state index is 13.4. The topological polar surface area (TPSA) is 81.1 Å². The van der Waals surface area contributed by atoms with Crippen LogP contribution in [0.2, 0.25) is 0 Å². The number of methoxy groups -OCH3 is 2. The predicted molar refractivity (Wildman–Crippen MR) is 137 cm³/mol. The number of pyridine rings is 1. The number of rotatable bonds is 6. The van der Waals surface area contributed by atoms with E-state index < -0.39 is 0 Å². The van der Waals surface area contributed by atoms with E-state index in [0.717, 1.165) is 31.4 Å². The number of hydrogen-bond donors (Lipinski definition) is 1. The maximum atomic E-state index is 13.4. The van der Waals surface area contributed by atoms with Crippen molar-refractivity contribution < 1.29 is 24.1 Å². The highest BCUT2D eigenvalue weighted by Crippen LogP contribution is 2.43. The first-order chi connectivity index (χ1) is 17.5. The van der Waals surface area contributed by atoms with E-state index in [0.29, 0.717) is 40.5 Å². The van der Waals surface area contributed by atoms with Crippen molar-refractivity contribution in [2.75, 3.05) is 20.8 Å². The first-order valence-corrected chi connectivity index (χ1v) is 12.2. The Balaban J connectivity index is 1.45. The van der Waals surface area contributed by atoms with Gasteiger partial charge in [0.1, 0.15) is 23.0 Å². The van der Waals surface area contributed by atoms with E-state index in [-0.39, 0.29) is 23.3 Å². The second-order valence-corrected chi connectivity index (χ2v) is 9.20. The summed E-state index contributed by atoms with van der Waals surface area (Å²) < 4.78 is 16.7. The molecule has 7 nitrogen and oxygen atoms in total. The third-order valence-corrected chi connectivity index (χ3v) is 7.03. The second-order valence-electron chi connectivity index (χ2n) is 9.20. The molecule has 0 unspecified atom stereocenters. The summed E-state index contributed by atoms with van der Waals surface area (Å²) in [6, 6.07) is 11.4. The van der Waals surface area contributed by atoms with Gasteiger partial charge in [-0.1, -0.05) is 12.5 Å². The summed E-state index contributed by atoms with van der Waals surface area (Å²) in [6.07, 6.45) is 8.65. The summed E-state index contributed by atoms with van der Waals surface area (Å²) in [5, 5.41) is 11.1. The molecule has 2 aromatic carbocycles. The highest BCUT2D eigenvalue weighted by molar-refractivity contribution is 6.15. The second kappa shape index (κ2) is 10.0. The first kappa shape index (κ1) is 23.9. The van der Waals surface area contributed by atoms with Gasteiger partial charge in [-0.05, 0) is 62.2 Å². The molecule has 3 heterocycles. The molecule has 0 spiro atoms. The molecule has 36 heavy (non-hydrogen) atoms. The zero-order valence-corrected chi connectivity index (χ0v) is 20.8. The molecule has 0 amide bonds. The van der Waals surface area contributed by atoms with Crippen LogP contribution in [-0.2, 0) is 6.54 Å². The number of allylic oxidation sites excluding steroid dienone is 1. The van der Waals surface area contributed by atoms with Crippen LogP contribution in [0.4, 0.5) is 0 Å². The van der Waals surface area contributed by atoms with Crippen LogP contribution in [0, 0.1) is 6.92 Å². The molecule has 3 aromatic rings. The van der Waals surface area contributed by atoms with Crippen LogP contribution >= 0.6 is 0 Å². The molecule has 2 aliphatic heterocycles. The van der Waals surface area contributed by atoms with Crippen molar-refractivity contribution in [1.29, 1.82) is 0 Å². The van der Waals surface area contributed by atoms with Crippen molar-refractivity contribution in [3.63, 3.8) is 0 Å². The number of phenolic OH excluding ortho intramolecular Hbond substituents is 1. The standard InChI is InChI=1S/C29H30N2O5/c1-18-27(32)21(17-31-12-5-4-8-24(31)20-7-6-11-30-16-20)13-23-28(33)26(36-29(18)23)14-19-9-10-22(34-2)15-25(19)35-3/h6-7,9-11,13-16,24,32H,4-5,8,12,17H2,1-3H3/b26-14-/t24-/m0/s1. The number of nitrogens with zero attached hydrogens (tertiary/aromatic N) is 2. The molecule has 2 aliphatic rings. The Hall–Kier alpha value is -3.84. The Labute approximate surface area is 210 Å². The molecule has 1 N–H and O–H groups in total. The minimum absolute atomic E-state index is 0.167. The fraction of sp³-hybridized carbons (Fsp3) is 0.310. The molecule has 0 saturated carbocycles. The number of aromatic hydroxyl groups is 1. The molecule has 0 aliphatic carbocycles. The lowest BCUT2D eigenvalue weighted by Gasteiger charge is -2.36. The number of carbonyl (C=O) groups excluding carboxylic acids is 1. The first-order valence-electron chi connectivity index (χ1n) is 12.2. The Bertz CT molecular complexity index is 1320. The third-order valence-electron chi connectivity index (χ3n) is 7.03. The van der Waals surface area contributed by atoms with E-state index >= 15 is 0 Å². The van der Waals surface area contributed by atoms with Gasteiger partial charge in [-0.15, -0.1) is 0 Å². The van der Waals surface area contributed by atoms with Crippen molar-refractivity contribution >= 4 is 11.9 Å². The number of aromatic nitrogens is 1. The molecular weight excluding hydrogens is 456 g/mol. The van der Waals surface area contributed by atoms with E-state index in [1.165, 1.54) is 5.56 Å². The van der Waals surface area contributed by atoms with E-state index in [1.54, 1.807) is 51.6 Å². The molecule has 1 atom stereocenters. The van der Waals surface area contributed by atoms with Gasteiger partial charge in [0.15, 0.2) is 5.76 Å².